The fourth-order valence-corrected chi connectivity index (χ4v) is 3.09. The molecule has 7 heteroatoms. The van der Waals surface area contributed by atoms with Gasteiger partial charge in [-0.25, -0.2) is 8.42 Å². The predicted molar refractivity (Wildman–Crippen MR) is 82.2 cm³/mol. The molecule has 0 bridgehead atoms. The average Bonchev–Trinajstić information content (AvgIpc) is 2.42. The molecule has 6 nitrogen and oxygen atoms in total. The first-order valence-electron chi connectivity index (χ1n) is 6.84. The van der Waals surface area contributed by atoms with Crippen molar-refractivity contribution < 1.29 is 13.2 Å². The van der Waals surface area contributed by atoms with Crippen LogP contribution in [0.2, 0.25) is 0 Å². The number of amides is 1. The summed E-state index contributed by atoms with van der Waals surface area (Å²) in [5, 5.41) is 2.61. The van der Waals surface area contributed by atoms with Gasteiger partial charge in [-0.2, -0.15) is 4.72 Å². The van der Waals surface area contributed by atoms with Gasteiger partial charge >= 0.3 is 0 Å². The highest BCUT2D eigenvalue weighted by atomic mass is 32.2. The SMILES string of the molecule is Cc1ccc(S(=O)(=O)N[C@H](C(=O)NCCN)C(C)C)cc1. The maximum atomic E-state index is 12.3. The van der Waals surface area contributed by atoms with Gasteiger partial charge in [-0.15, -0.1) is 0 Å². The first-order valence-corrected chi connectivity index (χ1v) is 8.33. The van der Waals surface area contributed by atoms with Crippen molar-refractivity contribution in [3.05, 3.63) is 29.8 Å². The number of rotatable bonds is 7. The zero-order valence-corrected chi connectivity index (χ0v) is 13.4. The van der Waals surface area contributed by atoms with Crippen LogP contribution in [0.1, 0.15) is 19.4 Å². The second-order valence-electron chi connectivity index (χ2n) is 5.24. The molecule has 0 aliphatic carbocycles. The number of hydrogen-bond acceptors (Lipinski definition) is 4. The first kappa shape index (κ1) is 17.6. The van der Waals surface area contributed by atoms with E-state index in [9.17, 15) is 13.2 Å². The highest BCUT2D eigenvalue weighted by molar-refractivity contribution is 7.89. The van der Waals surface area contributed by atoms with E-state index in [0.717, 1.165) is 5.56 Å². The van der Waals surface area contributed by atoms with Crippen molar-refractivity contribution in [3.8, 4) is 0 Å². The monoisotopic (exact) mass is 313 g/mol. The Morgan fingerprint density at radius 1 is 1.24 bits per heavy atom. The summed E-state index contributed by atoms with van der Waals surface area (Å²) >= 11 is 0. The molecule has 0 spiro atoms. The molecule has 21 heavy (non-hydrogen) atoms. The largest absolute Gasteiger partial charge is 0.353 e. The summed E-state index contributed by atoms with van der Waals surface area (Å²) in [5.74, 6) is -0.547. The fraction of sp³-hybridized carbons (Fsp3) is 0.500. The van der Waals surface area contributed by atoms with Gasteiger partial charge in [0.1, 0.15) is 6.04 Å². The van der Waals surface area contributed by atoms with Crippen LogP contribution in [0.5, 0.6) is 0 Å². The minimum absolute atomic E-state index is 0.144. The topological polar surface area (TPSA) is 101 Å². The molecule has 0 saturated carbocycles. The fourth-order valence-electron chi connectivity index (χ4n) is 1.75. The van der Waals surface area contributed by atoms with Crippen LogP contribution in [0.25, 0.3) is 0 Å². The van der Waals surface area contributed by atoms with E-state index in [2.05, 4.69) is 10.0 Å². The third-order valence-electron chi connectivity index (χ3n) is 3.01. The molecule has 1 aromatic rings. The molecule has 4 N–H and O–H groups in total. The van der Waals surface area contributed by atoms with Crippen molar-refractivity contribution in [2.45, 2.75) is 31.7 Å². The molecule has 0 unspecified atom stereocenters. The van der Waals surface area contributed by atoms with Gasteiger partial charge in [0.05, 0.1) is 4.90 Å². The van der Waals surface area contributed by atoms with Crippen LogP contribution in [-0.2, 0) is 14.8 Å². The number of sulfonamides is 1. The molecule has 1 atom stereocenters. The van der Waals surface area contributed by atoms with Crippen LogP contribution >= 0.6 is 0 Å². The van der Waals surface area contributed by atoms with Crippen LogP contribution in [0, 0.1) is 12.8 Å². The molecule has 0 heterocycles. The minimum atomic E-state index is -3.73. The van der Waals surface area contributed by atoms with Gasteiger partial charge in [-0.3, -0.25) is 4.79 Å². The van der Waals surface area contributed by atoms with Gasteiger partial charge in [0.2, 0.25) is 15.9 Å². The van der Waals surface area contributed by atoms with Gasteiger partial charge in [0, 0.05) is 13.1 Å². The second kappa shape index (κ2) is 7.53. The van der Waals surface area contributed by atoms with Crippen molar-refractivity contribution in [3.63, 3.8) is 0 Å². The van der Waals surface area contributed by atoms with Gasteiger partial charge in [-0.05, 0) is 25.0 Å². The quantitative estimate of drug-likeness (QED) is 0.677. The standard InChI is InChI=1S/C14H23N3O3S/c1-10(2)13(14(18)16-9-8-15)17-21(19,20)12-6-4-11(3)5-7-12/h4-7,10,13,17H,8-9,15H2,1-3H3,(H,16,18)/t13-/m0/s1. The van der Waals surface area contributed by atoms with Crippen molar-refractivity contribution >= 4 is 15.9 Å². The first-order chi connectivity index (χ1) is 9.77. The lowest BCUT2D eigenvalue weighted by Gasteiger charge is -2.21. The van der Waals surface area contributed by atoms with Crippen molar-refractivity contribution in [1.29, 1.82) is 0 Å². The molecule has 1 aromatic carbocycles. The van der Waals surface area contributed by atoms with Crippen LogP contribution in [0.3, 0.4) is 0 Å². The Balaban J connectivity index is 2.92. The summed E-state index contributed by atoms with van der Waals surface area (Å²) in [6.45, 7) is 6.06. The van der Waals surface area contributed by atoms with E-state index in [4.69, 9.17) is 5.73 Å². The number of nitrogens with two attached hydrogens (primary N) is 1. The molecule has 118 valence electrons. The van der Waals surface area contributed by atoms with Gasteiger partial charge < -0.3 is 11.1 Å². The van der Waals surface area contributed by atoms with Crippen molar-refractivity contribution in [2.24, 2.45) is 11.7 Å². The molecule has 0 saturated heterocycles. The van der Waals surface area contributed by atoms with Crippen LogP contribution in [0.15, 0.2) is 29.2 Å². The summed E-state index contributed by atoms with van der Waals surface area (Å²) in [6.07, 6.45) is 0. The molecule has 0 aliphatic heterocycles. The summed E-state index contributed by atoms with van der Waals surface area (Å²) < 4.78 is 27.1. The van der Waals surface area contributed by atoms with E-state index >= 15 is 0 Å². The second-order valence-corrected chi connectivity index (χ2v) is 6.95. The van der Waals surface area contributed by atoms with E-state index in [0.29, 0.717) is 13.1 Å². The maximum Gasteiger partial charge on any atom is 0.241 e. The van der Waals surface area contributed by atoms with Crippen LogP contribution in [-0.4, -0.2) is 33.5 Å². The Bertz CT molecular complexity index is 568. The Morgan fingerprint density at radius 3 is 2.29 bits per heavy atom. The third-order valence-corrected chi connectivity index (χ3v) is 4.46. The van der Waals surface area contributed by atoms with E-state index in [-0.39, 0.29) is 16.7 Å². The number of benzene rings is 1. The third kappa shape index (κ3) is 5.11. The molecule has 0 fully saturated rings. The minimum Gasteiger partial charge on any atom is -0.353 e. The van der Waals surface area contributed by atoms with Crippen LogP contribution in [0.4, 0.5) is 0 Å². The Morgan fingerprint density at radius 2 is 1.81 bits per heavy atom. The summed E-state index contributed by atoms with van der Waals surface area (Å²) in [7, 11) is -3.73. The molecule has 0 radical (unpaired) electrons. The van der Waals surface area contributed by atoms with Crippen LogP contribution < -0.4 is 15.8 Å². The van der Waals surface area contributed by atoms with Crippen molar-refractivity contribution in [1.82, 2.24) is 10.0 Å². The van der Waals surface area contributed by atoms with Crippen molar-refractivity contribution in [2.75, 3.05) is 13.1 Å². The number of nitrogens with one attached hydrogen (secondary N) is 2. The number of carbonyl (C=O) groups is 1. The number of hydrogen-bond donors (Lipinski definition) is 3. The molecule has 1 rings (SSSR count). The Hall–Kier alpha value is -1.44. The Labute approximate surface area is 126 Å². The van der Waals surface area contributed by atoms with Gasteiger partial charge in [0.25, 0.3) is 0 Å². The summed E-state index contributed by atoms with van der Waals surface area (Å²) in [6, 6.07) is 5.64. The van der Waals surface area contributed by atoms with E-state index < -0.39 is 16.1 Å². The highest BCUT2D eigenvalue weighted by Crippen LogP contribution is 2.13. The zero-order chi connectivity index (χ0) is 16.0. The number of carbonyl (C=O) groups excluding carboxylic acids is 1. The smallest absolute Gasteiger partial charge is 0.241 e. The Kier molecular flexibility index (Phi) is 6.32. The van der Waals surface area contributed by atoms with Gasteiger partial charge in [-0.1, -0.05) is 31.5 Å². The maximum absolute atomic E-state index is 12.3. The van der Waals surface area contributed by atoms with Gasteiger partial charge in [0.15, 0.2) is 0 Å². The average molecular weight is 313 g/mol. The predicted octanol–water partition coefficient (Wildman–Crippen LogP) is 0.373. The molecule has 0 aromatic heterocycles. The van der Waals surface area contributed by atoms with E-state index in [1.165, 1.54) is 12.1 Å². The number of aryl methyl sites for hydroxylation is 1. The zero-order valence-electron chi connectivity index (χ0n) is 12.6. The molecular weight excluding hydrogens is 290 g/mol. The van der Waals surface area contributed by atoms with E-state index in [1.807, 2.05) is 6.92 Å². The highest BCUT2D eigenvalue weighted by Gasteiger charge is 2.27. The lowest BCUT2D eigenvalue weighted by atomic mass is 10.1. The normalized spacial score (nSPS) is 13.2. The van der Waals surface area contributed by atoms with E-state index in [1.54, 1.807) is 26.0 Å². The lowest BCUT2D eigenvalue weighted by Crippen LogP contribution is -2.50. The summed E-state index contributed by atoms with van der Waals surface area (Å²) in [5.41, 5.74) is 6.30. The molecule has 1 amide bonds. The molecule has 0 aliphatic rings. The lowest BCUT2D eigenvalue weighted by molar-refractivity contribution is -0.123. The summed E-state index contributed by atoms with van der Waals surface area (Å²) in [4.78, 5) is 12.2. The molecular formula is C14H23N3O3S.